The Hall–Kier alpha value is -3.10. The number of rotatable bonds is 4. The van der Waals surface area contributed by atoms with Crippen LogP contribution in [0.1, 0.15) is 29.6 Å². The molecule has 0 atom stereocenters. The Labute approximate surface area is 123 Å². The molecule has 0 fully saturated rings. The number of benzene rings is 1. The molecule has 0 saturated carbocycles. The number of hydrogen-bond acceptors (Lipinski definition) is 7. The smallest absolute Gasteiger partial charge is 0.344 e. The molecule has 0 radical (unpaired) electrons. The third-order valence-corrected chi connectivity index (χ3v) is 2.98. The van der Waals surface area contributed by atoms with E-state index in [2.05, 4.69) is 0 Å². The summed E-state index contributed by atoms with van der Waals surface area (Å²) in [6, 6.07) is 2.47. The van der Waals surface area contributed by atoms with E-state index in [0.717, 1.165) is 18.2 Å². The van der Waals surface area contributed by atoms with E-state index in [1.807, 2.05) is 0 Å². The molecule has 0 amide bonds. The zero-order valence-corrected chi connectivity index (χ0v) is 11.2. The highest BCUT2D eigenvalue weighted by Crippen LogP contribution is 2.24. The lowest BCUT2D eigenvalue weighted by Gasteiger charge is -2.11. The first-order chi connectivity index (χ1) is 10.4. The molecule has 0 aromatic heterocycles. The summed E-state index contributed by atoms with van der Waals surface area (Å²) in [5.74, 6) is -1.53. The number of carbonyl (C=O) groups is 2. The average Bonchev–Trinajstić information content (AvgIpc) is 2.49. The highest BCUT2D eigenvalue weighted by Gasteiger charge is 2.23. The number of esters is 1. The van der Waals surface area contributed by atoms with Crippen LogP contribution in [-0.4, -0.2) is 21.6 Å². The molecule has 0 saturated heterocycles. The van der Waals surface area contributed by atoms with Crippen molar-refractivity contribution in [2.45, 2.75) is 19.3 Å². The maximum absolute atomic E-state index is 11.9. The van der Waals surface area contributed by atoms with E-state index in [9.17, 15) is 29.8 Å². The van der Waals surface area contributed by atoms with Crippen LogP contribution in [0.5, 0.6) is 0 Å². The van der Waals surface area contributed by atoms with Crippen molar-refractivity contribution in [3.8, 4) is 0 Å². The van der Waals surface area contributed by atoms with Crippen LogP contribution in [0, 0.1) is 20.2 Å². The van der Waals surface area contributed by atoms with Crippen LogP contribution in [0.3, 0.4) is 0 Å². The van der Waals surface area contributed by atoms with Crippen LogP contribution in [0.4, 0.5) is 11.4 Å². The van der Waals surface area contributed by atoms with Gasteiger partial charge in [-0.05, 0) is 18.9 Å². The standard InChI is InChI=1S/C13H10N2O7/c16-11-3-1-2-4-12(11)22-13(17)8-5-9(14(18)19)7-10(6-8)15(20)21/h4-7H,1-3H2. The lowest BCUT2D eigenvalue weighted by Crippen LogP contribution is -2.15. The number of hydrogen-bond donors (Lipinski definition) is 0. The van der Waals surface area contributed by atoms with Gasteiger partial charge >= 0.3 is 5.97 Å². The van der Waals surface area contributed by atoms with Crippen molar-refractivity contribution in [1.29, 1.82) is 0 Å². The number of ether oxygens (including phenoxy) is 1. The maximum atomic E-state index is 11.9. The molecule has 0 unspecified atom stereocenters. The van der Waals surface area contributed by atoms with Crippen LogP contribution in [-0.2, 0) is 9.53 Å². The van der Waals surface area contributed by atoms with Crippen molar-refractivity contribution >= 4 is 23.1 Å². The van der Waals surface area contributed by atoms with Gasteiger partial charge in [0, 0.05) is 18.6 Å². The highest BCUT2D eigenvalue weighted by molar-refractivity contribution is 5.99. The summed E-state index contributed by atoms with van der Waals surface area (Å²) in [6.45, 7) is 0. The van der Waals surface area contributed by atoms with Gasteiger partial charge in [-0.3, -0.25) is 25.0 Å². The number of allylic oxidation sites excluding steroid dienone is 2. The van der Waals surface area contributed by atoms with Crippen LogP contribution in [0.15, 0.2) is 30.0 Å². The fraction of sp³-hybridized carbons (Fsp3) is 0.231. The van der Waals surface area contributed by atoms with E-state index in [0.29, 0.717) is 12.8 Å². The molecule has 2 rings (SSSR count). The van der Waals surface area contributed by atoms with Gasteiger partial charge in [0.05, 0.1) is 21.5 Å². The Bertz CT molecular complexity index is 676. The van der Waals surface area contributed by atoms with E-state index in [-0.39, 0.29) is 23.5 Å². The number of nitro groups is 2. The largest absolute Gasteiger partial charge is 0.419 e. The van der Waals surface area contributed by atoms with Gasteiger partial charge in [0.1, 0.15) is 0 Å². The summed E-state index contributed by atoms with van der Waals surface area (Å²) in [7, 11) is 0. The van der Waals surface area contributed by atoms with Gasteiger partial charge in [-0.15, -0.1) is 0 Å². The fourth-order valence-corrected chi connectivity index (χ4v) is 1.91. The summed E-state index contributed by atoms with van der Waals surface area (Å²) in [5, 5.41) is 21.5. The molecule has 1 aliphatic rings. The molecule has 9 heteroatoms. The molecule has 0 bridgehead atoms. The zero-order valence-electron chi connectivity index (χ0n) is 11.2. The first kappa shape index (κ1) is 15.3. The van der Waals surface area contributed by atoms with Gasteiger partial charge in [-0.1, -0.05) is 0 Å². The minimum atomic E-state index is -1.05. The van der Waals surface area contributed by atoms with Gasteiger partial charge in [0.15, 0.2) is 11.5 Å². The summed E-state index contributed by atoms with van der Waals surface area (Å²) in [4.78, 5) is 43.3. The lowest BCUT2D eigenvalue weighted by molar-refractivity contribution is -0.394. The Morgan fingerprint density at radius 2 is 1.68 bits per heavy atom. The third kappa shape index (κ3) is 3.32. The number of carbonyl (C=O) groups excluding carboxylic acids is 2. The highest BCUT2D eigenvalue weighted by atomic mass is 16.6. The molecule has 0 N–H and O–H groups in total. The van der Waals surface area contributed by atoms with Crippen LogP contribution in [0.25, 0.3) is 0 Å². The minimum absolute atomic E-state index is 0.134. The first-order valence-electron chi connectivity index (χ1n) is 6.28. The Balaban J connectivity index is 2.32. The molecule has 1 aromatic rings. The second-order valence-corrected chi connectivity index (χ2v) is 4.53. The number of Topliss-reactive ketones (excluding diaryl/α,β-unsaturated/α-hetero) is 1. The molecule has 9 nitrogen and oxygen atoms in total. The lowest BCUT2D eigenvalue weighted by atomic mass is 10.1. The predicted octanol–water partition coefficient (Wildman–Crippen LogP) is 2.30. The zero-order chi connectivity index (χ0) is 16.3. The molecule has 114 valence electrons. The van der Waals surface area contributed by atoms with Gasteiger partial charge in [-0.2, -0.15) is 0 Å². The molecule has 0 spiro atoms. The Morgan fingerprint density at radius 3 is 2.18 bits per heavy atom. The average molecular weight is 306 g/mol. The molecular weight excluding hydrogens is 296 g/mol. The van der Waals surface area contributed by atoms with Crippen LogP contribution in [0.2, 0.25) is 0 Å². The predicted molar refractivity (Wildman–Crippen MR) is 72.1 cm³/mol. The monoisotopic (exact) mass is 306 g/mol. The summed E-state index contributed by atoms with van der Waals surface area (Å²) in [5.41, 5.74) is -1.57. The minimum Gasteiger partial charge on any atom is -0.419 e. The van der Waals surface area contributed by atoms with Crippen LogP contribution < -0.4 is 0 Å². The Kier molecular flexibility index (Phi) is 4.25. The SMILES string of the molecule is O=C1CCCC=C1OC(=O)c1cc([N+](=O)[O-])cc([N+](=O)[O-])c1. The summed E-state index contributed by atoms with van der Waals surface area (Å²) >= 11 is 0. The molecule has 22 heavy (non-hydrogen) atoms. The van der Waals surface area contributed by atoms with Gasteiger partial charge in [-0.25, -0.2) is 4.79 Å². The van der Waals surface area contributed by atoms with Crippen molar-refractivity contribution in [3.63, 3.8) is 0 Å². The summed E-state index contributed by atoms with van der Waals surface area (Å²) < 4.78 is 4.89. The van der Waals surface area contributed by atoms with E-state index >= 15 is 0 Å². The second kappa shape index (κ2) is 6.12. The molecule has 1 aliphatic carbocycles. The number of nitro benzene ring substituents is 2. The number of ketones is 1. The first-order valence-corrected chi connectivity index (χ1v) is 6.28. The molecule has 0 aliphatic heterocycles. The maximum Gasteiger partial charge on any atom is 0.344 e. The number of nitrogens with zero attached hydrogens (tertiary/aromatic N) is 2. The van der Waals surface area contributed by atoms with Gasteiger partial charge < -0.3 is 4.74 Å². The molecule has 1 aromatic carbocycles. The van der Waals surface area contributed by atoms with Crippen LogP contribution >= 0.6 is 0 Å². The van der Waals surface area contributed by atoms with E-state index in [1.165, 1.54) is 6.08 Å². The van der Waals surface area contributed by atoms with Gasteiger partial charge in [0.25, 0.3) is 11.4 Å². The summed E-state index contributed by atoms with van der Waals surface area (Å²) in [6.07, 6.45) is 2.93. The van der Waals surface area contributed by atoms with E-state index < -0.39 is 27.2 Å². The normalized spacial score (nSPS) is 14.2. The van der Waals surface area contributed by atoms with Gasteiger partial charge in [0.2, 0.25) is 0 Å². The number of non-ortho nitro benzene ring substituents is 2. The molecule has 0 heterocycles. The quantitative estimate of drug-likeness (QED) is 0.474. The third-order valence-electron chi connectivity index (χ3n) is 2.98. The topological polar surface area (TPSA) is 130 Å². The molecular formula is C13H10N2O7. The van der Waals surface area contributed by atoms with Crippen molar-refractivity contribution in [1.82, 2.24) is 0 Å². The second-order valence-electron chi connectivity index (χ2n) is 4.53. The van der Waals surface area contributed by atoms with E-state index in [4.69, 9.17) is 4.74 Å². The Morgan fingerprint density at radius 1 is 1.09 bits per heavy atom. The van der Waals surface area contributed by atoms with Crippen molar-refractivity contribution in [2.75, 3.05) is 0 Å². The van der Waals surface area contributed by atoms with Crippen molar-refractivity contribution in [3.05, 3.63) is 55.8 Å². The van der Waals surface area contributed by atoms with E-state index in [1.54, 1.807) is 0 Å². The van der Waals surface area contributed by atoms with Crippen molar-refractivity contribution in [2.24, 2.45) is 0 Å². The fourth-order valence-electron chi connectivity index (χ4n) is 1.91. The van der Waals surface area contributed by atoms with Crippen molar-refractivity contribution < 1.29 is 24.2 Å².